The van der Waals surface area contributed by atoms with Crippen LogP contribution < -0.4 is 10.2 Å². The Balaban J connectivity index is 1.82. The number of fused-ring (bicyclic) bond motifs is 1. The number of nitrogens with zero attached hydrogens (tertiary/aromatic N) is 1. The number of urea groups is 1. The van der Waals surface area contributed by atoms with Crippen LogP contribution in [-0.4, -0.2) is 12.1 Å². The Morgan fingerprint density at radius 3 is 2.65 bits per heavy atom. The highest BCUT2D eigenvalue weighted by molar-refractivity contribution is 6.03. The molecule has 3 nitrogen and oxygen atoms in total. The number of para-hydroxylation sites is 1. The number of hydrogen-bond donors (Lipinski definition) is 1. The van der Waals surface area contributed by atoms with Gasteiger partial charge in [0.25, 0.3) is 0 Å². The molecule has 0 bridgehead atoms. The van der Waals surface area contributed by atoms with Gasteiger partial charge in [0.2, 0.25) is 0 Å². The van der Waals surface area contributed by atoms with Gasteiger partial charge in [-0.15, -0.1) is 0 Å². The van der Waals surface area contributed by atoms with E-state index in [-0.39, 0.29) is 17.9 Å². The monoisotopic (exact) mass is 270 g/mol. The minimum absolute atomic E-state index is 0.118. The van der Waals surface area contributed by atoms with E-state index in [0.29, 0.717) is 5.69 Å². The van der Waals surface area contributed by atoms with Crippen LogP contribution in [0.5, 0.6) is 0 Å². The lowest BCUT2D eigenvalue weighted by molar-refractivity contribution is 0.256. The molecule has 1 atom stereocenters. The molecule has 2 aromatic carbocycles. The van der Waals surface area contributed by atoms with Crippen LogP contribution in [-0.2, 0) is 6.42 Å². The fourth-order valence-electron chi connectivity index (χ4n) is 2.59. The highest BCUT2D eigenvalue weighted by Crippen LogP contribution is 2.32. The summed E-state index contributed by atoms with van der Waals surface area (Å²) in [5.41, 5.74) is 2.71. The Morgan fingerprint density at radius 1 is 1.20 bits per heavy atom. The van der Waals surface area contributed by atoms with Crippen LogP contribution in [0.1, 0.15) is 12.5 Å². The van der Waals surface area contributed by atoms with E-state index in [0.717, 1.165) is 12.1 Å². The summed E-state index contributed by atoms with van der Waals surface area (Å²) in [5.74, 6) is -0.317. The van der Waals surface area contributed by atoms with Gasteiger partial charge in [0.05, 0.1) is 0 Å². The van der Waals surface area contributed by atoms with Crippen LogP contribution in [0.4, 0.5) is 20.6 Å². The van der Waals surface area contributed by atoms with Crippen molar-refractivity contribution in [3.05, 3.63) is 59.9 Å². The smallest absolute Gasteiger partial charge is 0.308 e. The van der Waals surface area contributed by atoms with E-state index in [4.69, 9.17) is 0 Å². The summed E-state index contributed by atoms with van der Waals surface area (Å²) in [5, 5.41) is 2.80. The first-order valence-corrected chi connectivity index (χ1v) is 6.59. The number of hydrogen-bond acceptors (Lipinski definition) is 1. The fraction of sp³-hybridized carbons (Fsp3) is 0.188. The van der Waals surface area contributed by atoms with E-state index >= 15 is 0 Å². The topological polar surface area (TPSA) is 32.3 Å². The summed E-state index contributed by atoms with van der Waals surface area (Å²) >= 11 is 0. The lowest BCUT2D eigenvalue weighted by Gasteiger charge is -2.23. The Kier molecular flexibility index (Phi) is 3.14. The molecule has 0 aliphatic carbocycles. The number of benzene rings is 2. The molecule has 4 heteroatoms. The molecular weight excluding hydrogens is 255 g/mol. The van der Waals surface area contributed by atoms with Gasteiger partial charge in [-0.2, -0.15) is 0 Å². The molecule has 1 aliphatic heterocycles. The lowest BCUT2D eigenvalue weighted by atomic mass is 10.1. The zero-order chi connectivity index (χ0) is 14.1. The van der Waals surface area contributed by atoms with Gasteiger partial charge in [0, 0.05) is 17.4 Å². The summed E-state index contributed by atoms with van der Waals surface area (Å²) in [7, 11) is 0. The molecule has 0 fully saturated rings. The molecule has 2 aromatic rings. The van der Waals surface area contributed by atoms with E-state index in [9.17, 15) is 9.18 Å². The molecule has 1 heterocycles. The highest BCUT2D eigenvalue weighted by atomic mass is 19.1. The lowest BCUT2D eigenvalue weighted by Crippen LogP contribution is -2.39. The number of rotatable bonds is 1. The first-order valence-electron chi connectivity index (χ1n) is 6.59. The van der Waals surface area contributed by atoms with Crippen molar-refractivity contribution in [2.24, 2.45) is 0 Å². The minimum Gasteiger partial charge on any atom is -0.308 e. The van der Waals surface area contributed by atoms with Gasteiger partial charge in [0.1, 0.15) is 5.82 Å². The van der Waals surface area contributed by atoms with Crippen molar-refractivity contribution in [1.82, 2.24) is 0 Å². The Bertz CT molecular complexity index is 639. The second-order valence-corrected chi connectivity index (χ2v) is 4.99. The van der Waals surface area contributed by atoms with Gasteiger partial charge >= 0.3 is 6.03 Å². The number of carbonyl (C=O) groups is 1. The molecule has 2 amide bonds. The second kappa shape index (κ2) is 4.96. The van der Waals surface area contributed by atoms with E-state index in [1.165, 1.54) is 17.7 Å². The SMILES string of the molecule is C[C@@H]1Cc2ccccc2N1C(=O)Nc1ccc(F)cc1. The fourth-order valence-corrected chi connectivity index (χ4v) is 2.59. The molecule has 20 heavy (non-hydrogen) atoms. The van der Waals surface area contributed by atoms with E-state index in [1.807, 2.05) is 31.2 Å². The van der Waals surface area contributed by atoms with Crippen LogP contribution in [0, 0.1) is 5.82 Å². The molecule has 102 valence electrons. The largest absolute Gasteiger partial charge is 0.326 e. The van der Waals surface area contributed by atoms with Crippen molar-refractivity contribution in [2.45, 2.75) is 19.4 Å². The number of amides is 2. The van der Waals surface area contributed by atoms with Crippen LogP contribution in [0.2, 0.25) is 0 Å². The number of nitrogens with one attached hydrogen (secondary N) is 1. The normalized spacial score (nSPS) is 16.9. The summed E-state index contributed by atoms with van der Waals surface area (Å²) < 4.78 is 12.9. The molecule has 3 rings (SSSR count). The van der Waals surface area contributed by atoms with Crippen molar-refractivity contribution in [2.75, 3.05) is 10.2 Å². The molecule has 0 saturated carbocycles. The second-order valence-electron chi connectivity index (χ2n) is 4.99. The van der Waals surface area contributed by atoms with Gasteiger partial charge in [-0.25, -0.2) is 9.18 Å². The summed E-state index contributed by atoms with van der Waals surface area (Å²) in [6.07, 6.45) is 0.854. The number of carbonyl (C=O) groups excluding carboxylic acids is 1. The van der Waals surface area contributed by atoms with Crippen molar-refractivity contribution >= 4 is 17.4 Å². The first-order chi connectivity index (χ1) is 9.65. The van der Waals surface area contributed by atoms with Crippen molar-refractivity contribution in [3.8, 4) is 0 Å². The van der Waals surface area contributed by atoms with Gasteiger partial charge in [-0.05, 0) is 49.2 Å². The molecule has 0 unspecified atom stereocenters. The molecule has 0 spiro atoms. The zero-order valence-corrected chi connectivity index (χ0v) is 11.1. The predicted octanol–water partition coefficient (Wildman–Crippen LogP) is 3.81. The van der Waals surface area contributed by atoms with Gasteiger partial charge in [-0.3, -0.25) is 4.90 Å². The first kappa shape index (κ1) is 12.7. The van der Waals surface area contributed by atoms with Crippen LogP contribution in [0.3, 0.4) is 0 Å². The summed E-state index contributed by atoms with van der Waals surface area (Å²) in [6.45, 7) is 2.02. The number of halogens is 1. The van der Waals surface area contributed by atoms with Gasteiger partial charge < -0.3 is 5.32 Å². The molecule has 0 saturated heterocycles. The highest BCUT2D eigenvalue weighted by Gasteiger charge is 2.30. The minimum atomic E-state index is -0.317. The third-order valence-electron chi connectivity index (χ3n) is 3.52. The van der Waals surface area contributed by atoms with Gasteiger partial charge in [-0.1, -0.05) is 18.2 Å². The predicted molar refractivity (Wildman–Crippen MR) is 77.5 cm³/mol. The molecular formula is C16H15FN2O. The quantitative estimate of drug-likeness (QED) is 0.839. The molecule has 0 aromatic heterocycles. The third kappa shape index (κ3) is 2.25. The average molecular weight is 270 g/mol. The van der Waals surface area contributed by atoms with Crippen LogP contribution in [0.25, 0.3) is 0 Å². The molecule has 0 radical (unpaired) electrons. The summed E-state index contributed by atoms with van der Waals surface area (Å²) in [6, 6.07) is 13.6. The van der Waals surface area contributed by atoms with Gasteiger partial charge in [0.15, 0.2) is 0 Å². The van der Waals surface area contributed by atoms with Crippen molar-refractivity contribution in [3.63, 3.8) is 0 Å². The van der Waals surface area contributed by atoms with Crippen LogP contribution in [0.15, 0.2) is 48.5 Å². The maximum atomic E-state index is 12.9. The van der Waals surface area contributed by atoms with Crippen LogP contribution >= 0.6 is 0 Å². The van der Waals surface area contributed by atoms with E-state index in [2.05, 4.69) is 5.32 Å². The number of anilines is 2. The molecule has 1 N–H and O–H groups in total. The standard InChI is InChI=1S/C16H15FN2O/c1-11-10-12-4-2-3-5-15(12)19(11)16(20)18-14-8-6-13(17)7-9-14/h2-9,11H,10H2,1H3,(H,18,20)/t11-/m1/s1. The van der Waals surface area contributed by atoms with E-state index in [1.54, 1.807) is 17.0 Å². The average Bonchev–Trinajstić information content (AvgIpc) is 2.77. The van der Waals surface area contributed by atoms with E-state index < -0.39 is 0 Å². The van der Waals surface area contributed by atoms with Crippen molar-refractivity contribution in [1.29, 1.82) is 0 Å². The Morgan fingerprint density at radius 2 is 1.90 bits per heavy atom. The molecule has 1 aliphatic rings. The summed E-state index contributed by atoms with van der Waals surface area (Å²) in [4.78, 5) is 14.1. The Hall–Kier alpha value is -2.36. The Labute approximate surface area is 117 Å². The third-order valence-corrected chi connectivity index (χ3v) is 3.52. The zero-order valence-electron chi connectivity index (χ0n) is 11.1. The maximum Gasteiger partial charge on any atom is 0.326 e. The van der Waals surface area contributed by atoms with Crippen molar-refractivity contribution < 1.29 is 9.18 Å². The maximum absolute atomic E-state index is 12.9.